The molecule has 0 unspecified atom stereocenters. The Balaban J connectivity index is 2.24. The summed E-state index contributed by atoms with van der Waals surface area (Å²) in [5, 5.41) is 1.75. The molecule has 18 heavy (non-hydrogen) atoms. The van der Waals surface area contributed by atoms with Gasteiger partial charge in [0.25, 0.3) is 0 Å². The first-order chi connectivity index (χ1) is 8.46. The summed E-state index contributed by atoms with van der Waals surface area (Å²) in [6.07, 6.45) is -5.97. The molecular formula is C14H11F3O. The van der Waals surface area contributed by atoms with Crippen LogP contribution < -0.4 is 0 Å². The molecule has 0 amide bonds. The third kappa shape index (κ3) is 3.09. The van der Waals surface area contributed by atoms with Crippen LogP contribution in [0.1, 0.15) is 12.0 Å². The molecular weight excluding hydrogens is 241 g/mol. The van der Waals surface area contributed by atoms with Crippen molar-refractivity contribution in [2.75, 3.05) is 0 Å². The van der Waals surface area contributed by atoms with E-state index in [-0.39, 0.29) is 6.42 Å². The van der Waals surface area contributed by atoms with E-state index in [4.69, 9.17) is 0 Å². The van der Waals surface area contributed by atoms with E-state index in [9.17, 15) is 18.0 Å². The van der Waals surface area contributed by atoms with Crippen molar-refractivity contribution < 1.29 is 18.0 Å². The number of carbonyl (C=O) groups excluding carboxylic acids is 1. The van der Waals surface area contributed by atoms with Gasteiger partial charge in [0.05, 0.1) is 0 Å². The lowest BCUT2D eigenvalue weighted by Gasteiger charge is -2.07. The number of halogens is 3. The number of ketones is 1. The van der Waals surface area contributed by atoms with Gasteiger partial charge in [-0.2, -0.15) is 13.2 Å². The Morgan fingerprint density at radius 2 is 1.67 bits per heavy atom. The van der Waals surface area contributed by atoms with Gasteiger partial charge < -0.3 is 0 Å². The zero-order valence-corrected chi connectivity index (χ0v) is 9.50. The number of rotatable bonds is 3. The fraction of sp³-hybridized carbons (Fsp3) is 0.214. The van der Waals surface area contributed by atoms with Gasteiger partial charge >= 0.3 is 6.18 Å². The topological polar surface area (TPSA) is 17.1 Å². The standard InChI is InChI=1S/C14H11F3O/c15-14(16,17)9-12(18)8-11-6-3-5-10-4-1-2-7-13(10)11/h1-7H,8-9H2. The lowest BCUT2D eigenvalue weighted by atomic mass is 9.99. The zero-order valence-electron chi connectivity index (χ0n) is 9.50. The zero-order chi connectivity index (χ0) is 13.2. The predicted octanol–water partition coefficient (Wildman–Crippen LogP) is 3.90. The molecule has 0 spiro atoms. The van der Waals surface area contributed by atoms with Crippen molar-refractivity contribution in [2.45, 2.75) is 19.0 Å². The summed E-state index contributed by atoms with van der Waals surface area (Å²) in [6, 6.07) is 12.6. The highest BCUT2D eigenvalue weighted by atomic mass is 19.4. The highest BCUT2D eigenvalue weighted by Crippen LogP contribution is 2.23. The Kier molecular flexibility index (Phi) is 3.36. The van der Waals surface area contributed by atoms with Crippen molar-refractivity contribution in [3.63, 3.8) is 0 Å². The third-order valence-corrected chi connectivity index (χ3v) is 2.67. The predicted molar refractivity (Wildman–Crippen MR) is 63.3 cm³/mol. The van der Waals surface area contributed by atoms with Crippen LogP contribution in [0.2, 0.25) is 0 Å². The summed E-state index contributed by atoms with van der Waals surface area (Å²) in [4.78, 5) is 11.4. The average molecular weight is 252 g/mol. The van der Waals surface area contributed by atoms with Crippen LogP contribution >= 0.6 is 0 Å². The number of alkyl halides is 3. The summed E-state index contributed by atoms with van der Waals surface area (Å²) in [5.74, 6) is -0.807. The molecule has 2 aromatic rings. The largest absolute Gasteiger partial charge is 0.395 e. The second-order valence-electron chi connectivity index (χ2n) is 4.15. The molecule has 0 fully saturated rings. The molecule has 1 nitrogen and oxygen atoms in total. The first kappa shape index (κ1) is 12.6. The molecule has 0 aliphatic heterocycles. The minimum Gasteiger partial charge on any atom is -0.299 e. The third-order valence-electron chi connectivity index (χ3n) is 2.67. The first-order valence-electron chi connectivity index (χ1n) is 5.51. The van der Waals surface area contributed by atoms with Crippen LogP contribution in [0.4, 0.5) is 13.2 Å². The molecule has 0 saturated carbocycles. The SMILES string of the molecule is O=C(Cc1cccc2ccccc12)CC(F)(F)F. The Labute approximate surface area is 102 Å². The van der Waals surface area contributed by atoms with E-state index in [0.717, 1.165) is 10.8 Å². The van der Waals surface area contributed by atoms with Crippen LogP contribution in [0.25, 0.3) is 10.8 Å². The van der Waals surface area contributed by atoms with Gasteiger partial charge in [-0.1, -0.05) is 42.5 Å². The first-order valence-corrected chi connectivity index (χ1v) is 5.51. The van der Waals surface area contributed by atoms with Crippen molar-refractivity contribution in [3.05, 3.63) is 48.0 Å². The highest BCUT2D eigenvalue weighted by Gasteiger charge is 2.30. The summed E-state index contributed by atoms with van der Waals surface area (Å²) in [6.45, 7) is 0. The van der Waals surface area contributed by atoms with E-state index in [1.54, 1.807) is 18.2 Å². The van der Waals surface area contributed by atoms with Crippen molar-refractivity contribution >= 4 is 16.6 Å². The minimum atomic E-state index is -4.43. The van der Waals surface area contributed by atoms with Gasteiger partial charge in [-0.25, -0.2) is 0 Å². The van der Waals surface area contributed by atoms with Gasteiger partial charge in [0.1, 0.15) is 12.2 Å². The fourth-order valence-corrected chi connectivity index (χ4v) is 1.95. The molecule has 94 valence electrons. The normalized spacial score (nSPS) is 11.7. The molecule has 0 aromatic heterocycles. The molecule has 2 rings (SSSR count). The number of benzene rings is 2. The van der Waals surface area contributed by atoms with E-state index in [0.29, 0.717) is 5.56 Å². The maximum atomic E-state index is 12.1. The van der Waals surface area contributed by atoms with Crippen LogP contribution in [-0.2, 0) is 11.2 Å². The molecule has 0 radical (unpaired) electrons. The minimum absolute atomic E-state index is 0.180. The second kappa shape index (κ2) is 4.80. The summed E-state index contributed by atoms with van der Waals surface area (Å²) < 4.78 is 36.3. The molecule has 0 saturated heterocycles. The summed E-state index contributed by atoms with van der Waals surface area (Å²) in [5.41, 5.74) is 0.641. The van der Waals surface area contributed by atoms with E-state index in [2.05, 4.69) is 0 Å². The molecule has 2 aromatic carbocycles. The van der Waals surface area contributed by atoms with Crippen LogP contribution in [0.5, 0.6) is 0 Å². The Hall–Kier alpha value is -1.84. The molecule has 0 N–H and O–H groups in total. The maximum Gasteiger partial charge on any atom is 0.395 e. The van der Waals surface area contributed by atoms with E-state index in [1.165, 1.54) is 0 Å². The van der Waals surface area contributed by atoms with Crippen LogP contribution in [0, 0.1) is 0 Å². The van der Waals surface area contributed by atoms with Gasteiger partial charge in [0, 0.05) is 6.42 Å². The number of hydrogen-bond acceptors (Lipinski definition) is 1. The van der Waals surface area contributed by atoms with Gasteiger partial charge in [-0.05, 0) is 16.3 Å². The van der Waals surface area contributed by atoms with Gasteiger partial charge in [0.2, 0.25) is 0 Å². The Morgan fingerprint density at radius 3 is 2.39 bits per heavy atom. The molecule has 0 aliphatic carbocycles. The van der Waals surface area contributed by atoms with E-state index in [1.807, 2.05) is 24.3 Å². The maximum absolute atomic E-state index is 12.1. The quantitative estimate of drug-likeness (QED) is 0.809. The number of hydrogen-bond donors (Lipinski definition) is 0. The van der Waals surface area contributed by atoms with Crippen molar-refractivity contribution in [2.24, 2.45) is 0 Å². The van der Waals surface area contributed by atoms with Crippen LogP contribution in [0.15, 0.2) is 42.5 Å². The van der Waals surface area contributed by atoms with E-state index < -0.39 is 18.4 Å². The van der Waals surface area contributed by atoms with Gasteiger partial charge in [-0.15, -0.1) is 0 Å². The van der Waals surface area contributed by atoms with Crippen molar-refractivity contribution in [1.29, 1.82) is 0 Å². The molecule has 0 atom stereocenters. The smallest absolute Gasteiger partial charge is 0.299 e. The van der Waals surface area contributed by atoms with Crippen LogP contribution in [-0.4, -0.2) is 12.0 Å². The van der Waals surface area contributed by atoms with Crippen LogP contribution in [0.3, 0.4) is 0 Å². The number of Topliss-reactive ketones (excluding diaryl/α,β-unsaturated/α-hetero) is 1. The fourth-order valence-electron chi connectivity index (χ4n) is 1.95. The monoisotopic (exact) mass is 252 g/mol. The molecule has 4 heteroatoms. The number of carbonyl (C=O) groups is 1. The summed E-state index contributed by atoms with van der Waals surface area (Å²) >= 11 is 0. The highest BCUT2D eigenvalue weighted by molar-refractivity contribution is 5.91. The number of fused-ring (bicyclic) bond motifs is 1. The molecule has 0 bridgehead atoms. The average Bonchev–Trinajstić information content (AvgIpc) is 2.27. The second-order valence-corrected chi connectivity index (χ2v) is 4.15. The Morgan fingerprint density at radius 1 is 1.00 bits per heavy atom. The van der Waals surface area contributed by atoms with Crippen molar-refractivity contribution in [1.82, 2.24) is 0 Å². The van der Waals surface area contributed by atoms with Crippen molar-refractivity contribution in [3.8, 4) is 0 Å². The lowest BCUT2D eigenvalue weighted by molar-refractivity contribution is -0.151. The van der Waals surface area contributed by atoms with Gasteiger partial charge in [0.15, 0.2) is 0 Å². The summed E-state index contributed by atoms with van der Waals surface area (Å²) in [7, 11) is 0. The lowest BCUT2D eigenvalue weighted by Crippen LogP contribution is -2.16. The van der Waals surface area contributed by atoms with E-state index >= 15 is 0 Å². The molecule has 0 aliphatic rings. The Bertz CT molecular complexity index is 567. The van der Waals surface area contributed by atoms with Gasteiger partial charge in [-0.3, -0.25) is 4.79 Å². The molecule has 0 heterocycles.